The van der Waals surface area contributed by atoms with Crippen LogP contribution in [-0.2, 0) is 0 Å². The maximum Gasteiger partial charge on any atom is 0.0694 e. The first-order valence-corrected chi connectivity index (χ1v) is 28.3. The van der Waals surface area contributed by atoms with E-state index in [1.807, 2.05) is 0 Å². The fourth-order valence-corrected chi connectivity index (χ4v) is 22.2. The summed E-state index contributed by atoms with van der Waals surface area (Å²) >= 11 is 0. The molecule has 12 aliphatic carbocycles. The predicted molar refractivity (Wildman–Crippen MR) is 261 cm³/mol. The fraction of sp³-hybridized carbons (Fsp3) is 1.00. The average molecular weight is 872 g/mol. The minimum atomic E-state index is -0.250. The average Bonchev–Trinajstić information content (AvgIpc) is 3.98. The van der Waals surface area contributed by atoms with Gasteiger partial charge in [0.05, 0.1) is 6.10 Å². The minimum Gasteiger partial charge on any atom is -0.392 e. The van der Waals surface area contributed by atoms with Crippen molar-refractivity contribution in [2.45, 2.75) is 251 Å². The quantitative estimate of drug-likeness (QED) is 0.143. The minimum absolute atomic E-state index is 0.0292. The maximum absolute atomic E-state index is 10.2. The first-order chi connectivity index (χ1) is 29.9. The fourth-order valence-electron chi connectivity index (χ4n) is 22.2. The van der Waals surface area contributed by atoms with Gasteiger partial charge in [0, 0.05) is 30.2 Å². The van der Waals surface area contributed by atoms with E-state index in [0.717, 1.165) is 72.0 Å². The third-order valence-electron chi connectivity index (χ3n) is 25.9. The summed E-state index contributed by atoms with van der Waals surface area (Å²) < 4.78 is 0. The van der Waals surface area contributed by atoms with E-state index in [-0.39, 0.29) is 36.3 Å². The van der Waals surface area contributed by atoms with Crippen LogP contribution < -0.4 is 28.7 Å². The molecule has 0 spiro atoms. The molecule has 0 bridgehead atoms. The van der Waals surface area contributed by atoms with E-state index in [1.54, 1.807) is 0 Å². The van der Waals surface area contributed by atoms with Crippen LogP contribution in [0.4, 0.5) is 0 Å². The van der Waals surface area contributed by atoms with Gasteiger partial charge in [0.25, 0.3) is 0 Å². The molecular weight excluding hydrogens is 771 g/mol. The molecule has 12 saturated carbocycles. The van der Waals surface area contributed by atoms with Crippen molar-refractivity contribution in [3.63, 3.8) is 0 Å². The second-order valence-corrected chi connectivity index (χ2v) is 28.3. The predicted octanol–water partition coefficient (Wildman–Crippen LogP) is 11.1. The molecule has 6 heteroatoms. The Hall–Kier alpha value is -0.240. The Balaban J connectivity index is 0.000000112. The number of hydrogen-bond donors (Lipinski definition) is 6. The summed E-state index contributed by atoms with van der Waals surface area (Å²) in [6.45, 7) is 15.5. The van der Waals surface area contributed by atoms with Crippen molar-refractivity contribution in [2.75, 3.05) is 0 Å². The van der Waals surface area contributed by atoms with Gasteiger partial charge >= 0.3 is 0 Å². The van der Waals surface area contributed by atoms with E-state index in [2.05, 4.69) is 41.5 Å². The number of nitrogens with two attached hydrogens (primary N) is 5. The van der Waals surface area contributed by atoms with Gasteiger partial charge in [-0.25, -0.2) is 0 Å². The van der Waals surface area contributed by atoms with Crippen molar-refractivity contribution in [1.82, 2.24) is 0 Å². The molecule has 6 unspecified atom stereocenters. The smallest absolute Gasteiger partial charge is 0.0694 e. The van der Waals surface area contributed by atoms with Crippen LogP contribution in [0.5, 0.6) is 0 Å². The Morgan fingerprint density at radius 1 is 0.349 bits per heavy atom. The van der Waals surface area contributed by atoms with Gasteiger partial charge in [-0.3, -0.25) is 0 Å². The molecule has 12 aliphatic rings. The summed E-state index contributed by atoms with van der Waals surface area (Å²) in [5.74, 6) is 10.8. The molecular formula is C57H101N5O. The summed E-state index contributed by atoms with van der Waals surface area (Å²) in [4.78, 5) is 0. The molecule has 0 heterocycles. The van der Waals surface area contributed by atoms with Crippen molar-refractivity contribution in [3.05, 3.63) is 0 Å². The molecule has 0 aromatic rings. The van der Waals surface area contributed by atoms with Gasteiger partial charge in [0.1, 0.15) is 0 Å². The summed E-state index contributed by atoms with van der Waals surface area (Å²) in [7, 11) is 0. The number of aliphatic hydroxyl groups excluding tert-OH is 1. The molecule has 63 heavy (non-hydrogen) atoms. The molecule has 0 aromatic heterocycles. The number of fused-ring (bicyclic) bond motifs is 15. The molecule has 11 N–H and O–H groups in total. The van der Waals surface area contributed by atoms with Gasteiger partial charge in [-0.1, -0.05) is 60.8 Å². The van der Waals surface area contributed by atoms with Gasteiger partial charge in [0.15, 0.2) is 0 Å². The van der Waals surface area contributed by atoms with Gasteiger partial charge in [-0.2, -0.15) is 0 Å². The van der Waals surface area contributed by atoms with Crippen LogP contribution in [0.3, 0.4) is 0 Å². The highest BCUT2D eigenvalue weighted by atomic mass is 16.3. The SMILES string of the molecule is C[C@@]12CCC[C@H]1[C@@H]1CC[C@H]3C(N)C(N)CC[C@]3(C)[C@H]1CC2.C[C@@]12CCC[C@H]1[C@@H]1CC[C@H]3C(N)C(O)CC[C@]3(C)[C@H]1CC2.C[C@@]12CCC[C@H]1[C@@H]1CC[C@H]3CC(N)C(N)C[C@]3(C)[C@H]1CC2. The van der Waals surface area contributed by atoms with Crippen molar-refractivity contribution < 1.29 is 5.11 Å². The molecule has 12 fully saturated rings. The summed E-state index contributed by atoms with van der Waals surface area (Å²) in [5.41, 5.74) is 35.4. The monoisotopic (exact) mass is 872 g/mol. The Morgan fingerprint density at radius 3 is 1.27 bits per heavy atom. The third-order valence-corrected chi connectivity index (χ3v) is 25.9. The van der Waals surface area contributed by atoms with Crippen molar-refractivity contribution >= 4 is 0 Å². The van der Waals surface area contributed by atoms with E-state index in [0.29, 0.717) is 44.3 Å². The third kappa shape index (κ3) is 7.39. The van der Waals surface area contributed by atoms with Gasteiger partial charge in [-0.15, -0.1) is 0 Å². The van der Waals surface area contributed by atoms with Crippen molar-refractivity contribution in [1.29, 1.82) is 0 Å². The van der Waals surface area contributed by atoms with Gasteiger partial charge in [0.2, 0.25) is 0 Å². The highest BCUT2D eigenvalue weighted by Gasteiger charge is 2.62. The molecule has 0 aromatic carbocycles. The maximum atomic E-state index is 10.2. The second kappa shape index (κ2) is 16.7. The highest BCUT2D eigenvalue weighted by molar-refractivity contribution is 5.13. The zero-order chi connectivity index (χ0) is 44.5. The Labute approximate surface area is 387 Å². The molecule has 12 rings (SSSR count). The summed E-state index contributed by atoms with van der Waals surface area (Å²) in [6, 6.07) is 1.02. The van der Waals surface area contributed by atoms with Gasteiger partial charge in [-0.05, 0) is 258 Å². The molecule has 0 radical (unpaired) electrons. The van der Waals surface area contributed by atoms with Crippen LogP contribution in [0, 0.1) is 104 Å². The summed E-state index contributed by atoms with van der Waals surface area (Å²) in [5, 5.41) is 10.2. The Bertz CT molecular complexity index is 1510. The molecule has 0 saturated heterocycles. The second-order valence-electron chi connectivity index (χ2n) is 28.3. The van der Waals surface area contributed by atoms with Gasteiger partial charge < -0.3 is 33.8 Å². The molecule has 0 aliphatic heterocycles. The van der Waals surface area contributed by atoms with Crippen LogP contribution in [0.25, 0.3) is 0 Å². The number of aliphatic hydroxyl groups is 1. The van der Waals surface area contributed by atoms with Crippen molar-refractivity contribution in [3.8, 4) is 0 Å². The standard InChI is InChI=1S/2C19H34N2.C19H33NO/c1-18-9-3-4-13(18)12-5-6-15-17(21)16(20)8-11-19(15,2)14(12)7-10-18;1-18-8-3-4-14(18)13-6-5-12-10-16(20)17(21)11-19(12,2)15(13)7-9-18;1-18-9-3-4-13(18)12-5-6-15-17(20)16(21)8-11-19(15,2)14(12)7-10-18/h2*12-17H,3-11,20-21H2,1-2H3;12-17,21H,3-11,20H2,1-2H3/t12-,13-,14-,15-,16?,17?,18-,19+;12-,13-,14-,15-,16?,17?,18-,19-;12-,13-,14-,15-,16?,17?,18-,19+/m000/s1. The largest absolute Gasteiger partial charge is 0.392 e. The Morgan fingerprint density at radius 2 is 0.778 bits per heavy atom. The lowest BCUT2D eigenvalue weighted by Crippen LogP contribution is -2.62. The van der Waals surface area contributed by atoms with Crippen LogP contribution in [-0.4, -0.2) is 41.4 Å². The molecule has 360 valence electrons. The van der Waals surface area contributed by atoms with E-state index in [9.17, 15) is 5.11 Å². The molecule has 0 amide bonds. The Kier molecular flexibility index (Phi) is 12.3. The first kappa shape index (κ1) is 46.5. The zero-order valence-corrected chi connectivity index (χ0v) is 41.8. The van der Waals surface area contributed by atoms with E-state index in [4.69, 9.17) is 28.7 Å². The molecule has 24 atom stereocenters. The lowest BCUT2D eigenvalue weighted by molar-refractivity contribution is -0.128. The lowest BCUT2D eigenvalue weighted by atomic mass is 9.44. The van der Waals surface area contributed by atoms with E-state index in [1.165, 1.54) is 161 Å². The van der Waals surface area contributed by atoms with Crippen LogP contribution >= 0.6 is 0 Å². The topological polar surface area (TPSA) is 150 Å². The normalized spacial score (nSPS) is 60.0. The first-order valence-electron chi connectivity index (χ1n) is 28.3. The summed E-state index contributed by atoms with van der Waals surface area (Å²) in [6.07, 6.45) is 37.2. The lowest BCUT2D eigenvalue weighted by Gasteiger charge is -2.61. The van der Waals surface area contributed by atoms with E-state index < -0.39 is 0 Å². The van der Waals surface area contributed by atoms with Crippen LogP contribution in [0.2, 0.25) is 0 Å². The highest BCUT2D eigenvalue weighted by Crippen LogP contribution is 2.69. The number of rotatable bonds is 0. The zero-order valence-electron chi connectivity index (χ0n) is 41.8. The van der Waals surface area contributed by atoms with E-state index >= 15 is 0 Å². The number of hydrogen-bond acceptors (Lipinski definition) is 6. The van der Waals surface area contributed by atoms with Crippen molar-refractivity contribution in [2.24, 2.45) is 132 Å². The van der Waals surface area contributed by atoms with Crippen LogP contribution in [0.15, 0.2) is 0 Å². The van der Waals surface area contributed by atoms with Crippen LogP contribution in [0.1, 0.15) is 215 Å². The molecule has 6 nitrogen and oxygen atoms in total.